The molecular formula is C20H24N4O4. The number of ether oxygens (including phenoxy) is 1. The fraction of sp³-hybridized carbons (Fsp3) is 0.400. The molecule has 1 aromatic carbocycles. The number of hydrogen-bond acceptors (Lipinski definition) is 5. The van der Waals surface area contributed by atoms with Crippen LogP contribution in [0.15, 0.2) is 46.2 Å². The van der Waals surface area contributed by atoms with Gasteiger partial charge in [-0.25, -0.2) is 14.3 Å². The molecule has 28 heavy (non-hydrogen) atoms. The summed E-state index contributed by atoms with van der Waals surface area (Å²) < 4.78 is 9.37. The summed E-state index contributed by atoms with van der Waals surface area (Å²) >= 11 is 0. The van der Waals surface area contributed by atoms with E-state index in [-0.39, 0.29) is 18.9 Å². The van der Waals surface area contributed by atoms with Gasteiger partial charge in [0.2, 0.25) is 0 Å². The molecule has 0 saturated carbocycles. The van der Waals surface area contributed by atoms with Gasteiger partial charge in [-0.15, -0.1) is 0 Å². The van der Waals surface area contributed by atoms with E-state index in [1.54, 1.807) is 32.3 Å². The smallest absolute Gasteiger partial charge is 0.335 e. The van der Waals surface area contributed by atoms with E-state index in [2.05, 4.69) is 4.98 Å². The second kappa shape index (κ2) is 7.46. The number of esters is 1. The molecule has 8 nitrogen and oxygen atoms in total. The molecular weight excluding hydrogens is 360 g/mol. The minimum Gasteiger partial charge on any atom is -0.443 e. The molecule has 0 fully saturated rings. The SMILES string of the molecule is CCn1c(=O)c2c(ncn2Cc2ccccc2)n(COC(=O)C(C)(C)C)c1=O. The molecule has 3 rings (SSSR count). The molecule has 0 aliphatic heterocycles. The maximum atomic E-state index is 12.9. The van der Waals surface area contributed by atoms with Crippen molar-refractivity contribution in [3.8, 4) is 0 Å². The molecule has 0 saturated heterocycles. The van der Waals surface area contributed by atoms with Gasteiger partial charge in [-0.3, -0.25) is 14.2 Å². The highest BCUT2D eigenvalue weighted by atomic mass is 16.5. The van der Waals surface area contributed by atoms with E-state index in [9.17, 15) is 14.4 Å². The summed E-state index contributed by atoms with van der Waals surface area (Å²) in [4.78, 5) is 42.0. The minimum atomic E-state index is -0.700. The summed E-state index contributed by atoms with van der Waals surface area (Å²) in [6.07, 6.45) is 1.53. The Morgan fingerprint density at radius 3 is 2.39 bits per heavy atom. The van der Waals surface area contributed by atoms with Crippen molar-refractivity contribution in [3.05, 3.63) is 63.1 Å². The molecule has 0 atom stereocenters. The van der Waals surface area contributed by atoms with Gasteiger partial charge in [0.05, 0.1) is 11.7 Å². The van der Waals surface area contributed by atoms with Crippen molar-refractivity contribution in [3.63, 3.8) is 0 Å². The van der Waals surface area contributed by atoms with Gasteiger partial charge in [0.1, 0.15) is 0 Å². The molecule has 0 N–H and O–H groups in total. The third-order valence-electron chi connectivity index (χ3n) is 4.43. The van der Waals surface area contributed by atoms with E-state index in [0.29, 0.717) is 12.1 Å². The van der Waals surface area contributed by atoms with Crippen LogP contribution in [0.1, 0.15) is 33.3 Å². The van der Waals surface area contributed by atoms with Crippen LogP contribution in [-0.4, -0.2) is 24.7 Å². The molecule has 0 spiro atoms. The Kier molecular flexibility index (Phi) is 5.22. The van der Waals surface area contributed by atoms with Crippen LogP contribution in [0, 0.1) is 5.41 Å². The van der Waals surface area contributed by atoms with Gasteiger partial charge < -0.3 is 9.30 Å². The van der Waals surface area contributed by atoms with Crippen molar-refractivity contribution in [1.29, 1.82) is 0 Å². The lowest BCUT2D eigenvalue weighted by Crippen LogP contribution is -2.41. The fourth-order valence-corrected chi connectivity index (χ4v) is 2.87. The highest BCUT2D eigenvalue weighted by Gasteiger charge is 2.24. The standard InChI is InChI=1S/C20H24N4O4/c1-5-23-17(25)15-16(21-12-22(15)11-14-9-7-6-8-10-14)24(19(23)27)13-28-18(26)20(2,3)4/h6-10,12H,5,11,13H2,1-4H3. The number of hydrogen-bond donors (Lipinski definition) is 0. The average Bonchev–Trinajstić information content (AvgIpc) is 3.05. The zero-order chi connectivity index (χ0) is 20.5. The molecule has 0 bridgehead atoms. The van der Waals surface area contributed by atoms with E-state index in [1.165, 1.54) is 10.9 Å². The summed E-state index contributed by atoms with van der Waals surface area (Å²) in [7, 11) is 0. The zero-order valence-electron chi connectivity index (χ0n) is 16.5. The molecule has 3 aromatic rings. The highest BCUT2D eigenvalue weighted by Crippen LogP contribution is 2.16. The van der Waals surface area contributed by atoms with Gasteiger partial charge in [-0.1, -0.05) is 30.3 Å². The van der Waals surface area contributed by atoms with Crippen LogP contribution < -0.4 is 11.2 Å². The van der Waals surface area contributed by atoms with Crippen LogP contribution in [0.2, 0.25) is 0 Å². The van der Waals surface area contributed by atoms with E-state index in [0.717, 1.165) is 10.1 Å². The maximum absolute atomic E-state index is 12.9. The molecule has 0 unspecified atom stereocenters. The first-order chi connectivity index (χ1) is 13.2. The Hall–Kier alpha value is -3.16. The first kappa shape index (κ1) is 19.6. The van der Waals surface area contributed by atoms with E-state index < -0.39 is 22.6 Å². The molecule has 0 radical (unpaired) electrons. The first-order valence-electron chi connectivity index (χ1n) is 9.13. The fourth-order valence-electron chi connectivity index (χ4n) is 2.87. The topological polar surface area (TPSA) is 88.1 Å². The second-order valence-electron chi connectivity index (χ2n) is 7.60. The predicted molar refractivity (Wildman–Crippen MR) is 105 cm³/mol. The van der Waals surface area contributed by atoms with Crippen molar-refractivity contribution >= 4 is 17.1 Å². The molecule has 0 amide bonds. The first-order valence-corrected chi connectivity index (χ1v) is 9.13. The number of carbonyl (C=O) groups is 1. The Bertz CT molecular complexity index is 1120. The van der Waals surface area contributed by atoms with Gasteiger partial charge in [0.25, 0.3) is 5.56 Å². The van der Waals surface area contributed by atoms with Crippen molar-refractivity contribution in [2.75, 3.05) is 0 Å². The quantitative estimate of drug-likeness (QED) is 0.628. The Morgan fingerprint density at radius 2 is 1.79 bits per heavy atom. The Labute approximate surface area is 162 Å². The van der Waals surface area contributed by atoms with Gasteiger partial charge in [-0.05, 0) is 33.3 Å². The van der Waals surface area contributed by atoms with E-state index >= 15 is 0 Å². The van der Waals surface area contributed by atoms with Gasteiger partial charge in [0.15, 0.2) is 17.9 Å². The molecule has 0 aliphatic rings. The number of carbonyl (C=O) groups excluding carboxylic acids is 1. The number of imidazole rings is 1. The van der Waals surface area contributed by atoms with E-state index in [1.807, 2.05) is 30.3 Å². The summed E-state index contributed by atoms with van der Waals surface area (Å²) in [6.45, 7) is 7.26. The number of rotatable bonds is 5. The van der Waals surface area contributed by atoms with Crippen molar-refractivity contribution < 1.29 is 9.53 Å². The second-order valence-corrected chi connectivity index (χ2v) is 7.60. The zero-order valence-corrected chi connectivity index (χ0v) is 16.5. The highest BCUT2D eigenvalue weighted by molar-refractivity contribution is 5.75. The van der Waals surface area contributed by atoms with Crippen LogP contribution in [0.3, 0.4) is 0 Å². The van der Waals surface area contributed by atoms with E-state index in [4.69, 9.17) is 4.74 Å². The Morgan fingerprint density at radius 1 is 1.11 bits per heavy atom. The molecule has 8 heteroatoms. The summed E-state index contributed by atoms with van der Waals surface area (Å²) in [6, 6.07) is 9.65. The monoisotopic (exact) mass is 384 g/mol. The normalized spacial score (nSPS) is 11.7. The lowest BCUT2D eigenvalue weighted by molar-refractivity contribution is -0.156. The number of fused-ring (bicyclic) bond motifs is 1. The molecule has 0 aliphatic carbocycles. The predicted octanol–water partition coefficient (Wildman–Crippen LogP) is 1.97. The summed E-state index contributed by atoms with van der Waals surface area (Å²) in [5.74, 6) is -0.439. The van der Waals surface area contributed by atoms with Crippen LogP contribution in [0.25, 0.3) is 11.2 Å². The lowest BCUT2D eigenvalue weighted by Gasteiger charge is -2.18. The third kappa shape index (κ3) is 3.62. The van der Waals surface area contributed by atoms with Crippen LogP contribution in [0.5, 0.6) is 0 Å². The lowest BCUT2D eigenvalue weighted by atomic mass is 9.98. The van der Waals surface area contributed by atoms with Gasteiger partial charge in [-0.2, -0.15) is 0 Å². The number of aromatic nitrogens is 4. The summed E-state index contributed by atoms with van der Waals surface area (Å²) in [5, 5.41) is 0. The van der Waals surface area contributed by atoms with Crippen LogP contribution in [-0.2, 0) is 29.4 Å². The van der Waals surface area contributed by atoms with Crippen molar-refractivity contribution in [2.45, 2.75) is 47.5 Å². The van der Waals surface area contributed by atoms with Crippen molar-refractivity contribution in [1.82, 2.24) is 18.7 Å². The average molecular weight is 384 g/mol. The number of benzene rings is 1. The molecule has 2 heterocycles. The summed E-state index contributed by atoms with van der Waals surface area (Å²) in [5.41, 5.74) is -0.147. The third-order valence-corrected chi connectivity index (χ3v) is 4.43. The Balaban J connectivity index is 2.10. The van der Waals surface area contributed by atoms with Crippen LogP contribution in [0.4, 0.5) is 0 Å². The minimum absolute atomic E-state index is 0.206. The molecule has 2 aromatic heterocycles. The van der Waals surface area contributed by atoms with Gasteiger partial charge >= 0.3 is 11.7 Å². The van der Waals surface area contributed by atoms with Gasteiger partial charge in [0, 0.05) is 13.1 Å². The van der Waals surface area contributed by atoms with Crippen LogP contribution >= 0.6 is 0 Å². The maximum Gasteiger partial charge on any atom is 0.335 e. The van der Waals surface area contributed by atoms with Crippen molar-refractivity contribution in [2.24, 2.45) is 5.41 Å². The largest absolute Gasteiger partial charge is 0.443 e. The number of nitrogens with zero attached hydrogens (tertiary/aromatic N) is 4. The molecule has 148 valence electrons.